The first kappa shape index (κ1) is 13.2. The lowest BCUT2D eigenvalue weighted by molar-refractivity contribution is -0.126. The van der Waals surface area contributed by atoms with Crippen molar-refractivity contribution in [1.82, 2.24) is 9.27 Å². The van der Waals surface area contributed by atoms with E-state index in [2.05, 4.69) is 4.37 Å². The fourth-order valence-electron chi connectivity index (χ4n) is 2.05. The van der Waals surface area contributed by atoms with E-state index in [4.69, 9.17) is 0 Å². The number of hydrogen-bond donors (Lipinski definition) is 0. The highest BCUT2D eigenvalue weighted by Gasteiger charge is 2.28. The average Bonchev–Trinajstić information content (AvgIpc) is 2.73. The summed E-state index contributed by atoms with van der Waals surface area (Å²) >= 11 is 1.46. The predicted molar refractivity (Wildman–Crippen MR) is 75.9 cm³/mol. The van der Waals surface area contributed by atoms with Crippen LogP contribution in [0.25, 0.3) is 10.1 Å². The summed E-state index contributed by atoms with van der Waals surface area (Å²) in [5.74, 6) is 0.230. The molecule has 0 spiro atoms. The Balaban J connectivity index is 2.52. The lowest BCUT2D eigenvalue weighted by Crippen LogP contribution is -2.30. The van der Waals surface area contributed by atoms with Gasteiger partial charge in [0.05, 0.1) is 10.4 Å². The van der Waals surface area contributed by atoms with Crippen molar-refractivity contribution in [2.45, 2.75) is 19.9 Å². The second kappa shape index (κ2) is 5.16. The lowest BCUT2D eigenvalue weighted by atomic mass is 9.96. The molecule has 0 amide bonds. The topological polar surface area (TPSA) is 33.2 Å². The molecular formula is C14H18N2OS. The molecule has 0 aliphatic carbocycles. The minimum absolute atomic E-state index is 0.0119. The molecule has 0 fully saturated rings. The van der Waals surface area contributed by atoms with E-state index in [1.165, 1.54) is 11.5 Å². The van der Waals surface area contributed by atoms with Crippen LogP contribution in [0.15, 0.2) is 24.3 Å². The van der Waals surface area contributed by atoms with Gasteiger partial charge in [-0.3, -0.25) is 9.69 Å². The molecule has 0 aliphatic heterocycles. The van der Waals surface area contributed by atoms with Gasteiger partial charge in [-0.05, 0) is 31.7 Å². The molecule has 1 unspecified atom stereocenters. The Morgan fingerprint density at radius 1 is 1.28 bits per heavy atom. The molecule has 1 heterocycles. The second-order valence-corrected chi connectivity index (χ2v) is 5.79. The van der Waals surface area contributed by atoms with E-state index >= 15 is 0 Å². The molecular weight excluding hydrogens is 244 g/mol. The van der Waals surface area contributed by atoms with Crippen molar-refractivity contribution in [3.63, 3.8) is 0 Å². The number of carbonyl (C=O) groups excluding carboxylic acids is 1. The van der Waals surface area contributed by atoms with Gasteiger partial charge in [0, 0.05) is 11.3 Å². The largest absolute Gasteiger partial charge is 0.297 e. The highest BCUT2D eigenvalue weighted by molar-refractivity contribution is 7.13. The smallest absolute Gasteiger partial charge is 0.158 e. The highest BCUT2D eigenvalue weighted by Crippen LogP contribution is 2.31. The number of hydrogen-bond acceptors (Lipinski definition) is 4. The normalized spacial score (nSPS) is 13.4. The first-order chi connectivity index (χ1) is 8.52. The van der Waals surface area contributed by atoms with E-state index in [0.717, 1.165) is 15.8 Å². The van der Waals surface area contributed by atoms with Crippen molar-refractivity contribution in [1.29, 1.82) is 0 Å². The van der Waals surface area contributed by atoms with Crippen LogP contribution in [-0.2, 0) is 4.79 Å². The predicted octanol–water partition coefficient (Wildman–Crippen LogP) is 3.12. The molecule has 0 aliphatic rings. The maximum absolute atomic E-state index is 12.3. The third kappa shape index (κ3) is 2.31. The summed E-state index contributed by atoms with van der Waals surface area (Å²) in [7, 11) is 3.86. The van der Waals surface area contributed by atoms with Crippen LogP contribution >= 0.6 is 11.5 Å². The van der Waals surface area contributed by atoms with Crippen molar-refractivity contribution in [2.75, 3.05) is 14.1 Å². The fourth-order valence-corrected chi connectivity index (χ4v) is 2.86. The number of Topliss-reactive ketones (excluding diaryl/α,β-unsaturated/α-hetero) is 1. The summed E-state index contributed by atoms with van der Waals surface area (Å²) in [4.78, 5) is 14.3. The second-order valence-electron chi connectivity index (χ2n) is 4.99. The van der Waals surface area contributed by atoms with Gasteiger partial charge in [0.15, 0.2) is 5.78 Å². The van der Waals surface area contributed by atoms with Crippen LogP contribution in [0.1, 0.15) is 25.6 Å². The Labute approximate surface area is 112 Å². The Kier molecular flexibility index (Phi) is 3.78. The number of rotatable bonds is 4. The van der Waals surface area contributed by atoms with Crippen LogP contribution in [0.4, 0.5) is 0 Å². The summed E-state index contributed by atoms with van der Waals surface area (Å²) in [6.07, 6.45) is 0. The lowest BCUT2D eigenvalue weighted by Gasteiger charge is -2.23. The first-order valence-electron chi connectivity index (χ1n) is 6.07. The summed E-state index contributed by atoms with van der Waals surface area (Å²) in [5, 5.41) is 1.09. The fraction of sp³-hybridized carbons (Fsp3) is 0.429. The first-order valence-corrected chi connectivity index (χ1v) is 6.84. The van der Waals surface area contributed by atoms with Crippen LogP contribution < -0.4 is 0 Å². The molecule has 2 rings (SSSR count). The van der Waals surface area contributed by atoms with Crippen molar-refractivity contribution in [3.05, 3.63) is 30.0 Å². The van der Waals surface area contributed by atoms with Gasteiger partial charge >= 0.3 is 0 Å². The highest BCUT2D eigenvalue weighted by atomic mass is 32.1. The van der Waals surface area contributed by atoms with Crippen LogP contribution in [0.3, 0.4) is 0 Å². The molecule has 3 nitrogen and oxygen atoms in total. The minimum atomic E-state index is -0.249. The van der Waals surface area contributed by atoms with E-state index in [0.29, 0.717) is 0 Å². The Morgan fingerprint density at radius 3 is 2.56 bits per heavy atom. The number of likely N-dealkylation sites (N-methyl/N-ethyl adjacent to an activating group) is 1. The standard InChI is InChI=1S/C14H18N2OS/c1-9(2)14(17)13(16(3)4)12-10-7-5-6-8-11(10)18-15-12/h5-9,13H,1-4H3. The Morgan fingerprint density at radius 2 is 1.94 bits per heavy atom. The maximum atomic E-state index is 12.3. The van der Waals surface area contributed by atoms with Crippen LogP contribution in [-0.4, -0.2) is 29.2 Å². The molecule has 0 radical (unpaired) electrons. The average molecular weight is 262 g/mol. The third-order valence-electron chi connectivity index (χ3n) is 3.02. The third-order valence-corrected chi connectivity index (χ3v) is 3.86. The van der Waals surface area contributed by atoms with Gasteiger partial charge in [-0.25, -0.2) is 0 Å². The molecule has 96 valence electrons. The van der Waals surface area contributed by atoms with E-state index in [1.54, 1.807) is 0 Å². The molecule has 4 heteroatoms. The van der Waals surface area contributed by atoms with E-state index in [1.807, 2.05) is 57.1 Å². The molecule has 1 aromatic heterocycles. The maximum Gasteiger partial charge on any atom is 0.158 e. The van der Waals surface area contributed by atoms with E-state index in [9.17, 15) is 4.79 Å². The van der Waals surface area contributed by atoms with Gasteiger partial charge in [0.25, 0.3) is 0 Å². The van der Waals surface area contributed by atoms with Crippen molar-refractivity contribution < 1.29 is 4.79 Å². The molecule has 1 atom stereocenters. The summed E-state index contributed by atoms with van der Waals surface area (Å²) < 4.78 is 5.63. The van der Waals surface area contributed by atoms with Gasteiger partial charge in [0.1, 0.15) is 6.04 Å². The molecule has 2 aromatic rings. The zero-order valence-electron chi connectivity index (χ0n) is 11.2. The minimum Gasteiger partial charge on any atom is -0.297 e. The number of fused-ring (bicyclic) bond motifs is 1. The van der Waals surface area contributed by atoms with Crippen LogP contribution in [0.2, 0.25) is 0 Å². The number of nitrogens with zero attached hydrogens (tertiary/aromatic N) is 2. The molecule has 0 bridgehead atoms. The number of carbonyl (C=O) groups is 1. The summed E-state index contributed by atoms with van der Waals surface area (Å²) in [6.45, 7) is 3.88. The van der Waals surface area contributed by atoms with Gasteiger partial charge in [0.2, 0.25) is 0 Å². The molecule has 1 aromatic carbocycles. The van der Waals surface area contributed by atoms with E-state index < -0.39 is 0 Å². The zero-order valence-corrected chi connectivity index (χ0v) is 12.0. The van der Waals surface area contributed by atoms with E-state index in [-0.39, 0.29) is 17.7 Å². The molecule has 0 saturated carbocycles. The molecule has 18 heavy (non-hydrogen) atoms. The molecule has 0 saturated heterocycles. The quantitative estimate of drug-likeness (QED) is 0.848. The van der Waals surface area contributed by atoms with Gasteiger partial charge in [-0.15, -0.1) is 0 Å². The van der Waals surface area contributed by atoms with Gasteiger partial charge < -0.3 is 0 Å². The van der Waals surface area contributed by atoms with Crippen LogP contribution in [0.5, 0.6) is 0 Å². The Bertz CT molecular complexity index is 560. The zero-order chi connectivity index (χ0) is 13.3. The SMILES string of the molecule is CC(C)C(=O)C(c1nsc2ccccc12)N(C)C. The van der Waals surface area contributed by atoms with Crippen LogP contribution in [0, 0.1) is 5.92 Å². The summed E-state index contributed by atoms with van der Waals surface area (Å²) in [6, 6.07) is 7.83. The number of ketones is 1. The number of benzene rings is 1. The monoisotopic (exact) mass is 262 g/mol. The van der Waals surface area contributed by atoms with Gasteiger partial charge in [-0.1, -0.05) is 32.0 Å². The molecule has 0 N–H and O–H groups in total. The van der Waals surface area contributed by atoms with Crippen molar-refractivity contribution in [2.24, 2.45) is 5.92 Å². The Hall–Kier alpha value is -1.26. The summed E-state index contributed by atoms with van der Waals surface area (Å²) in [5.41, 5.74) is 0.888. The number of aromatic nitrogens is 1. The van der Waals surface area contributed by atoms with Gasteiger partial charge in [-0.2, -0.15) is 4.37 Å². The van der Waals surface area contributed by atoms with Crippen molar-refractivity contribution >= 4 is 27.4 Å². The van der Waals surface area contributed by atoms with Crippen molar-refractivity contribution in [3.8, 4) is 0 Å².